The summed E-state index contributed by atoms with van der Waals surface area (Å²) in [5, 5.41) is 16.8. The first kappa shape index (κ1) is 17.7. The van der Waals surface area contributed by atoms with Crippen molar-refractivity contribution in [1.82, 2.24) is 20.8 Å². The van der Waals surface area contributed by atoms with Crippen LogP contribution >= 0.6 is 23.1 Å². The van der Waals surface area contributed by atoms with Gasteiger partial charge in [-0.15, -0.1) is 16.8 Å². The van der Waals surface area contributed by atoms with E-state index in [4.69, 9.17) is 0 Å². The first-order valence-electron chi connectivity index (χ1n) is 7.59. The van der Waals surface area contributed by atoms with Crippen LogP contribution in [0.3, 0.4) is 0 Å². The molecule has 0 saturated heterocycles. The Morgan fingerprint density at radius 3 is 2.83 bits per heavy atom. The van der Waals surface area contributed by atoms with Crippen LogP contribution in [-0.2, 0) is 4.79 Å². The predicted octanol–water partition coefficient (Wildman–Crippen LogP) is 2.39. The van der Waals surface area contributed by atoms with E-state index in [-0.39, 0.29) is 17.7 Å². The minimum Gasteiger partial charge on any atom is -0.357 e. The lowest BCUT2D eigenvalue weighted by molar-refractivity contribution is -0.117. The highest BCUT2D eigenvalue weighted by Crippen LogP contribution is 2.25. The number of hydrogen-bond donors (Lipinski definition) is 3. The van der Waals surface area contributed by atoms with Crippen LogP contribution in [0, 0.1) is 0 Å². The molecule has 0 unspecified atom stereocenters. The van der Waals surface area contributed by atoms with Crippen LogP contribution < -0.4 is 16.0 Å². The number of hydrogen-bond acceptors (Lipinski definition) is 7. The fourth-order valence-corrected chi connectivity index (χ4v) is 3.82. The molecule has 2 rings (SSSR count). The summed E-state index contributed by atoms with van der Waals surface area (Å²) in [4.78, 5) is 23.5. The summed E-state index contributed by atoms with van der Waals surface area (Å²) >= 11 is 2.62. The Labute approximate surface area is 143 Å². The average Bonchev–Trinajstić information content (AvgIpc) is 2.99. The van der Waals surface area contributed by atoms with Gasteiger partial charge in [0.15, 0.2) is 4.34 Å². The minimum atomic E-state index is -0.409. The summed E-state index contributed by atoms with van der Waals surface area (Å²) in [6.07, 6.45) is 7.19. The second-order valence-electron chi connectivity index (χ2n) is 5.19. The van der Waals surface area contributed by atoms with Crippen LogP contribution in [0.4, 0.5) is 9.93 Å². The Morgan fingerprint density at radius 2 is 2.09 bits per heavy atom. The molecule has 126 valence electrons. The first-order chi connectivity index (χ1) is 11.2. The summed E-state index contributed by atoms with van der Waals surface area (Å²) in [6.45, 7) is 4.22. The lowest BCUT2D eigenvalue weighted by Gasteiger charge is -2.22. The quantitative estimate of drug-likeness (QED) is 0.513. The van der Waals surface area contributed by atoms with E-state index >= 15 is 0 Å². The molecule has 0 aliphatic heterocycles. The van der Waals surface area contributed by atoms with Gasteiger partial charge in [-0.3, -0.25) is 10.1 Å². The highest BCUT2D eigenvalue weighted by atomic mass is 32.2. The smallest absolute Gasteiger partial charge is 0.321 e. The van der Waals surface area contributed by atoms with Crippen LogP contribution in [0.25, 0.3) is 0 Å². The molecule has 7 nitrogen and oxygen atoms in total. The van der Waals surface area contributed by atoms with Crippen LogP contribution in [0.1, 0.15) is 32.1 Å². The topological polar surface area (TPSA) is 96.0 Å². The maximum atomic E-state index is 11.8. The van der Waals surface area contributed by atoms with Gasteiger partial charge in [0.1, 0.15) is 0 Å². The van der Waals surface area contributed by atoms with Crippen molar-refractivity contribution in [3.63, 3.8) is 0 Å². The third-order valence-corrected chi connectivity index (χ3v) is 5.34. The average molecular weight is 355 g/mol. The molecule has 0 bridgehead atoms. The largest absolute Gasteiger partial charge is 0.357 e. The molecular formula is C14H21N5O2S2. The molecular weight excluding hydrogens is 334 g/mol. The Balaban J connectivity index is 1.66. The van der Waals surface area contributed by atoms with Crippen LogP contribution in [0.15, 0.2) is 17.0 Å². The molecule has 0 aromatic carbocycles. The predicted molar refractivity (Wildman–Crippen MR) is 92.9 cm³/mol. The van der Waals surface area contributed by atoms with Crippen LogP contribution in [0.2, 0.25) is 0 Å². The van der Waals surface area contributed by atoms with Crippen molar-refractivity contribution < 1.29 is 9.59 Å². The van der Waals surface area contributed by atoms with Crippen molar-refractivity contribution in [3.8, 4) is 0 Å². The minimum absolute atomic E-state index is 0.133. The molecule has 1 saturated carbocycles. The second kappa shape index (κ2) is 9.51. The van der Waals surface area contributed by atoms with Crippen LogP contribution in [0.5, 0.6) is 0 Å². The third-order valence-electron chi connectivity index (χ3n) is 3.32. The highest BCUT2D eigenvalue weighted by molar-refractivity contribution is 8.01. The number of amides is 3. The monoisotopic (exact) mass is 355 g/mol. The van der Waals surface area contributed by atoms with E-state index in [1.165, 1.54) is 29.5 Å². The number of imide groups is 1. The molecule has 0 radical (unpaired) electrons. The van der Waals surface area contributed by atoms with Gasteiger partial charge in [0.2, 0.25) is 11.0 Å². The Bertz CT molecular complexity index is 543. The number of rotatable bonds is 7. The fraction of sp³-hybridized carbons (Fsp3) is 0.571. The van der Waals surface area contributed by atoms with Gasteiger partial charge in [0, 0.05) is 12.6 Å². The van der Waals surface area contributed by atoms with Gasteiger partial charge in [-0.2, -0.15) is 0 Å². The zero-order chi connectivity index (χ0) is 16.5. The van der Waals surface area contributed by atoms with E-state index < -0.39 is 6.03 Å². The summed E-state index contributed by atoms with van der Waals surface area (Å²) in [5.41, 5.74) is 0. The molecule has 1 fully saturated rings. The van der Waals surface area contributed by atoms with Crippen molar-refractivity contribution in [3.05, 3.63) is 12.7 Å². The maximum absolute atomic E-state index is 11.8. The van der Waals surface area contributed by atoms with Gasteiger partial charge in [0.25, 0.3) is 0 Å². The number of anilines is 1. The molecule has 0 spiro atoms. The Hall–Kier alpha value is -1.61. The van der Waals surface area contributed by atoms with E-state index in [2.05, 4.69) is 32.7 Å². The van der Waals surface area contributed by atoms with E-state index in [0.29, 0.717) is 16.0 Å². The van der Waals surface area contributed by atoms with Gasteiger partial charge < -0.3 is 10.6 Å². The van der Waals surface area contributed by atoms with Gasteiger partial charge in [-0.05, 0) is 12.8 Å². The Morgan fingerprint density at radius 1 is 1.30 bits per heavy atom. The summed E-state index contributed by atoms with van der Waals surface area (Å²) in [6, 6.07) is -0.223. The van der Waals surface area contributed by atoms with Crippen LogP contribution in [-0.4, -0.2) is 40.5 Å². The molecule has 1 aliphatic carbocycles. The molecule has 23 heavy (non-hydrogen) atoms. The van der Waals surface area contributed by atoms with E-state index in [9.17, 15) is 9.59 Å². The summed E-state index contributed by atoms with van der Waals surface area (Å²) in [5.74, 6) is -0.201. The van der Waals surface area contributed by atoms with Gasteiger partial charge >= 0.3 is 6.03 Å². The molecule has 3 amide bonds. The molecule has 1 aliphatic rings. The number of nitrogens with zero attached hydrogens (tertiary/aromatic N) is 2. The zero-order valence-corrected chi connectivity index (χ0v) is 14.5. The Kier molecular flexibility index (Phi) is 7.34. The number of aromatic nitrogens is 2. The molecule has 1 aromatic rings. The zero-order valence-electron chi connectivity index (χ0n) is 12.8. The van der Waals surface area contributed by atoms with Crippen molar-refractivity contribution >= 4 is 40.2 Å². The van der Waals surface area contributed by atoms with E-state index in [1.807, 2.05) is 0 Å². The van der Waals surface area contributed by atoms with Crippen molar-refractivity contribution in [2.24, 2.45) is 0 Å². The number of carbonyl (C=O) groups is 2. The normalized spacial score (nSPS) is 15.0. The molecule has 0 atom stereocenters. The van der Waals surface area contributed by atoms with Gasteiger partial charge in [0.05, 0.1) is 5.75 Å². The van der Waals surface area contributed by atoms with E-state index in [0.717, 1.165) is 25.7 Å². The number of thioether (sulfide) groups is 1. The third kappa shape index (κ3) is 6.57. The lowest BCUT2D eigenvalue weighted by Crippen LogP contribution is -2.45. The number of carbonyl (C=O) groups excluding carboxylic acids is 2. The first-order valence-corrected chi connectivity index (χ1v) is 9.39. The number of urea groups is 1. The van der Waals surface area contributed by atoms with E-state index in [1.54, 1.807) is 6.08 Å². The standard InChI is InChI=1S/C14H21N5O2S2/c1-2-8-15-13-18-19-14(23-13)22-9-11(20)17-12(21)16-10-6-4-3-5-7-10/h2,10H,1,3-9H2,(H,15,18)(H2,16,17,20,21). The SMILES string of the molecule is C=CCNc1nnc(SCC(=O)NC(=O)NC2CCCCC2)s1. The fourth-order valence-electron chi connectivity index (χ4n) is 2.26. The summed E-state index contributed by atoms with van der Waals surface area (Å²) in [7, 11) is 0. The molecule has 1 aromatic heterocycles. The lowest BCUT2D eigenvalue weighted by atomic mass is 9.96. The second-order valence-corrected chi connectivity index (χ2v) is 7.39. The highest BCUT2D eigenvalue weighted by Gasteiger charge is 2.17. The number of nitrogens with one attached hydrogen (secondary N) is 3. The van der Waals surface area contributed by atoms with Crippen molar-refractivity contribution in [2.75, 3.05) is 17.6 Å². The summed E-state index contributed by atoms with van der Waals surface area (Å²) < 4.78 is 0.680. The van der Waals surface area contributed by atoms with Crippen molar-refractivity contribution in [1.29, 1.82) is 0 Å². The maximum Gasteiger partial charge on any atom is 0.321 e. The van der Waals surface area contributed by atoms with Gasteiger partial charge in [-0.25, -0.2) is 4.79 Å². The molecule has 9 heteroatoms. The molecule has 1 heterocycles. The van der Waals surface area contributed by atoms with Crippen molar-refractivity contribution in [2.45, 2.75) is 42.5 Å². The van der Waals surface area contributed by atoms with Gasteiger partial charge in [-0.1, -0.05) is 48.4 Å². The molecule has 3 N–H and O–H groups in total.